The second-order valence-corrected chi connectivity index (χ2v) is 5.65. The van der Waals surface area contributed by atoms with Crippen LogP contribution in [0.3, 0.4) is 0 Å². The molecule has 18 heavy (non-hydrogen) atoms. The number of hydrogen-bond acceptors (Lipinski definition) is 3. The molecule has 0 heterocycles. The number of rotatable bonds is 8. The van der Waals surface area contributed by atoms with Crippen LogP contribution >= 0.6 is 11.8 Å². The number of hydrogen-bond donors (Lipinski definition) is 1. The first kappa shape index (κ1) is 15.1. The number of nitriles is 1. The molecule has 0 aliphatic heterocycles. The van der Waals surface area contributed by atoms with Gasteiger partial charge in [0.05, 0.1) is 6.07 Å². The molecule has 1 N–H and O–H groups in total. The predicted molar refractivity (Wildman–Crippen MR) is 79.6 cm³/mol. The second-order valence-electron chi connectivity index (χ2n) is 4.26. The van der Waals surface area contributed by atoms with Gasteiger partial charge in [0.25, 0.3) is 0 Å². The number of benzene rings is 1. The van der Waals surface area contributed by atoms with Crippen molar-refractivity contribution in [3.05, 3.63) is 35.9 Å². The topological polar surface area (TPSA) is 35.8 Å². The normalized spacial score (nSPS) is 13.8. The highest BCUT2D eigenvalue weighted by Crippen LogP contribution is 2.26. The van der Waals surface area contributed by atoms with Gasteiger partial charge < -0.3 is 0 Å². The smallest absolute Gasteiger partial charge is 0.133 e. The molecule has 1 unspecified atom stereocenters. The monoisotopic (exact) mass is 262 g/mol. The van der Waals surface area contributed by atoms with Gasteiger partial charge in [-0.2, -0.15) is 17.0 Å². The van der Waals surface area contributed by atoms with Gasteiger partial charge >= 0.3 is 0 Å². The summed E-state index contributed by atoms with van der Waals surface area (Å²) in [6.07, 6.45) is 1.89. The number of nitrogens with one attached hydrogen (secondary N) is 1. The zero-order valence-electron chi connectivity index (χ0n) is 11.3. The third kappa shape index (κ3) is 4.04. The molecule has 0 aromatic heterocycles. The van der Waals surface area contributed by atoms with E-state index in [2.05, 4.69) is 25.2 Å². The first-order chi connectivity index (χ1) is 8.79. The molecule has 1 atom stereocenters. The lowest BCUT2D eigenvalue weighted by Crippen LogP contribution is -2.42. The summed E-state index contributed by atoms with van der Waals surface area (Å²) in [5.74, 6) is 2.11. The first-order valence-electron chi connectivity index (χ1n) is 6.58. The Morgan fingerprint density at radius 3 is 2.56 bits per heavy atom. The fourth-order valence-electron chi connectivity index (χ4n) is 1.93. The molecular formula is C15H22N2S. The Balaban J connectivity index is 2.88. The maximum Gasteiger partial charge on any atom is 0.133 e. The Morgan fingerprint density at radius 2 is 2.00 bits per heavy atom. The van der Waals surface area contributed by atoms with E-state index < -0.39 is 5.54 Å². The van der Waals surface area contributed by atoms with Crippen molar-refractivity contribution in [2.75, 3.05) is 18.1 Å². The lowest BCUT2D eigenvalue weighted by Gasteiger charge is -2.28. The summed E-state index contributed by atoms with van der Waals surface area (Å²) >= 11 is 1.89. The first-order valence-corrected chi connectivity index (χ1v) is 7.74. The maximum absolute atomic E-state index is 9.63. The molecule has 1 aromatic carbocycles. The summed E-state index contributed by atoms with van der Waals surface area (Å²) in [6.45, 7) is 5.15. The third-order valence-corrected chi connectivity index (χ3v) is 3.86. The highest BCUT2D eigenvalue weighted by molar-refractivity contribution is 7.99. The van der Waals surface area contributed by atoms with Gasteiger partial charge in [-0.05, 0) is 36.5 Å². The van der Waals surface area contributed by atoms with E-state index in [4.69, 9.17) is 0 Å². The predicted octanol–water partition coefficient (Wildman–Crippen LogP) is 3.55. The van der Waals surface area contributed by atoms with Crippen LogP contribution < -0.4 is 5.32 Å². The molecule has 0 bridgehead atoms. The van der Waals surface area contributed by atoms with Crippen molar-refractivity contribution < 1.29 is 0 Å². The minimum Gasteiger partial charge on any atom is -0.296 e. The van der Waals surface area contributed by atoms with Crippen molar-refractivity contribution in [3.8, 4) is 6.07 Å². The van der Waals surface area contributed by atoms with Crippen LogP contribution in [0.15, 0.2) is 30.3 Å². The van der Waals surface area contributed by atoms with Gasteiger partial charge in [0.2, 0.25) is 0 Å². The van der Waals surface area contributed by atoms with Gasteiger partial charge in [-0.1, -0.05) is 44.2 Å². The molecule has 0 spiro atoms. The van der Waals surface area contributed by atoms with E-state index in [0.717, 1.165) is 36.5 Å². The van der Waals surface area contributed by atoms with E-state index in [-0.39, 0.29) is 0 Å². The zero-order valence-corrected chi connectivity index (χ0v) is 12.1. The molecule has 2 nitrogen and oxygen atoms in total. The van der Waals surface area contributed by atoms with Crippen LogP contribution in [0.25, 0.3) is 0 Å². The molecule has 98 valence electrons. The largest absolute Gasteiger partial charge is 0.296 e. The lowest BCUT2D eigenvalue weighted by molar-refractivity contribution is 0.417. The maximum atomic E-state index is 9.63. The SMILES string of the molecule is CCCNC(C#N)(CCSCC)c1ccccc1. The van der Waals surface area contributed by atoms with Crippen molar-refractivity contribution in [1.82, 2.24) is 5.32 Å². The van der Waals surface area contributed by atoms with Crippen LogP contribution in [-0.2, 0) is 5.54 Å². The van der Waals surface area contributed by atoms with E-state index in [0.29, 0.717) is 0 Å². The van der Waals surface area contributed by atoms with E-state index in [9.17, 15) is 5.26 Å². The fraction of sp³-hybridized carbons (Fsp3) is 0.533. The Bertz CT molecular complexity index is 372. The highest BCUT2D eigenvalue weighted by atomic mass is 32.2. The van der Waals surface area contributed by atoms with E-state index in [1.54, 1.807) is 0 Å². The second kappa shape index (κ2) is 8.18. The number of thioether (sulfide) groups is 1. The summed E-state index contributed by atoms with van der Waals surface area (Å²) in [4.78, 5) is 0. The molecule has 1 aromatic rings. The Morgan fingerprint density at radius 1 is 1.28 bits per heavy atom. The van der Waals surface area contributed by atoms with Crippen LogP contribution in [0.5, 0.6) is 0 Å². The van der Waals surface area contributed by atoms with Gasteiger partial charge in [-0.15, -0.1) is 0 Å². The van der Waals surface area contributed by atoms with Crippen molar-refractivity contribution in [1.29, 1.82) is 5.26 Å². The average Bonchev–Trinajstić information content (AvgIpc) is 2.44. The molecule has 0 radical (unpaired) electrons. The highest BCUT2D eigenvalue weighted by Gasteiger charge is 2.30. The van der Waals surface area contributed by atoms with Gasteiger partial charge in [0.15, 0.2) is 0 Å². The molecule has 0 saturated carbocycles. The Labute approximate surface area is 115 Å². The van der Waals surface area contributed by atoms with Crippen molar-refractivity contribution >= 4 is 11.8 Å². The van der Waals surface area contributed by atoms with Crippen molar-refractivity contribution in [2.45, 2.75) is 32.2 Å². The molecule has 0 aliphatic carbocycles. The standard InChI is InChI=1S/C15H22N2S/c1-3-11-17-15(13-16,10-12-18-4-2)14-8-6-5-7-9-14/h5-9,17H,3-4,10-12H2,1-2H3. The minimum atomic E-state index is -0.528. The summed E-state index contributed by atoms with van der Waals surface area (Å²) in [6, 6.07) is 12.6. The van der Waals surface area contributed by atoms with Crippen LogP contribution in [0.2, 0.25) is 0 Å². The average molecular weight is 262 g/mol. The third-order valence-electron chi connectivity index (χ3n) is 2.96. The van der Waals surface area contributed by atoms with Crippen LogP contribution in [0.1, 0.15) is 32.3 Å². The summed E-state index contributed by atoms with van der Waals surface area (Å²) in [5, 5.41) is 13.1. The van der Waals surface area contributed by atoms with Gasteiger partial charge in [0.1, 0.15) is 5.54 Å². The summed E-state index contributed by atoms with van der Waals surface area (Å²) < 4.78 is 0. The summed E-state index contributed by atoms with van der Waals surface area (Å²) in [7, 11) is 0. The van der Waals surface area contributed by atoms with Crippen LogP contribution in [0.4, 0.5) is 0 Å². The van der Waals surface area contributed by atoms with E-state index in [1.807, 2.05) is 42.1 Å². The molecule has 0 aliphatic rings. The Kier molecular flexibility index (Phi) is 6.85. The van der Waals surface area contributed by atoms with Gasteiger partial charge in [0, 0.05) is 0 Å². The van der Waals surface area contributed by atoms with Gasteiger partial charge in [-0.3, -0.25) is 5.32 Å². The van der Waals surface area contributed by atoms with Crippen molar-refractivity contribution in [3.63, 3.8) is 0 Å². The molecule has 3 heteroatoms. The van der Waals surface area contributed by atoms with E-state index >= 15 is 0 Å². The van der Waals surface area contributed by atoms with E-state index in [1.165, 1.54) is 0 Å². The molecule has 0 amide bonds. The molecule has 0 fully saturated rings. The number of nitrogens with zero attached hydrogens (tertiary/aromatic N) is 1. The molecule has 1 rings (SSSR count). The van der Waals surface area contributed by atoms with Crippen LogP contribution in [-0.4, -0.2) is 18.1 Å². The Hall–Kier alpha value is -0.980. The lowest BCUT2D eigenvalue weighted by atomic mass is 9.88. The van der Waals surface area contributed by atoms with Gasteiger partial charge in [-0.25, -0.2) is 0 Å². The molecular weight excluding hydrogens is 240 g/mol. The molecule has 0 saturated heterocycles. The quantitative estimate of drug-likeness (QED) is 0.728. The zero-order chi connectivity index (χ0) is 13.3. The van der Waals surface area contributed by atoms with Crippen molar-refractivity contribution in [2.24, 2.45) is 0 Å². The summed E-state index contributed by atoms with van der Waals surface area (Å²) in [5.41, 5.74) is 0.553. The minimum absolute atomic E-state index is 0.528. The van der Waals surface area contributed by atoms with Crippen LogP contribution in [0, 0.1) is 11.3 Å². The fourth-order valence-corrected chi connectivity index (χ4v) is 2.66.